The largest absolute Gasteiger partial charge is 0.475 e. The van der Waals surface area contributed by atoms with Crippen LogP contribution >= 0.6 is 7.82 Å². The van der Waals surface area contributed by atoms with Gasteiger partial charge in [-0.1, -0.05) is 6.08 Å². The summed E-state index contributed by atoms with van der Waals surface area (Å²) in [5, 5.41) is 116. The number of ether oxygens (including phenoxy) is 6. The minimum Gasteiger partial charge on any atom is -0.465 e. The molecule has 0 radical (unpaired) electrons. The van der Waals surface area contributed by atoms with Crippen LogP contribution in [0.5, 0.6) is 0 Å². The van der Waals surface area contributed by atoms with Crippen LogP contribution in [0.3, 0.4) is 0 Å². The van der Waals surface area contributed by atoms with E-state index in [4.69, 9.17) is 52.5 Å². The van der Waals surface area contributed by atoms with E-state index in [1.165, 1.54) is 13.0 Å². The summed E-state index contributed by atoms with van der Waals surface area (Å²) in [6, 6.07) is 2.42. The molecule has 2 heterocycles. The number of methoxy groups -OCH3 is 1. The maximum absolute atomic E-state index is 14.1. The molecule has 10 N–H and O–H groups in total. The molecule has 336 valence electrons. The molecule has 3 fully saturated rings. The number of aliphatic hydroxyl groups excluding tert-OH is 9. The molecule has 0 spiro atoms. The molecule has 0 aromatic rings. The molecule has 1 saturated carbocycles. The van der Waals surface area contributed by atoms with Crippen molar-refractivity contribution in [1.29, 1.82) is 10.5 Å². The summed E-state index contributed by atoms with van der Waals surface area (Å²) in [5.41, 5.74) is 0. The van der Waals surface area contributed by atoms with E-state index >= 15 is 0 Å². The second-order valence-corrected chi connectivity index (χ2v) is 15.4. The number of phosphoric ester groups is 1. The van der Waals surface area contributed by atoms with Gasteiger partial charge in [-0.05, 0) is 6.42 Å². The molecule has 25 heteroatoms. The molecule has 24 nitrogen and oxygen atoms in total. The second-order valence-electron chi connectivity index (χ2n) is 13.8. The fourth-order valence-corrected chi connectivity index (χ4v) is 8.10. The molecule has 2 saturated heterocycles. The molecule has 3 aliphatic rings. The van der Waals surface area contributed by atoms with Crippen molar-refractivity contribution < 1.29 is 102 Å². The van der Waals surface area contributed by atoms with E-state index in [0.29, 0.717) is 0 Å². The summed E-state index contributed by atoms with van der Waals surface area (Å²) in [6.07, 6.45) is -24.6. The first kappa shape index (κ1) is 50.6. The molecular formula is C34H54N3O21P. The number of rotatable bonds is 22. The van der Waals surface area contributed by atoms with E-state index in [1.54, 1.807) is 12.1 Å². The molecular weight excluding hydrogens is 817 g/mol. The zero-order chi connectivity index (χ0) is 44.1. The van der Waals surface area contributed by atoms with Crippen LogP contribution < -0.4 is 5.32 Å². The highest BCUT2D eigenvalue weighted by molar-refractivity contribution is 7.48. The molecule has 2 aliphatic heterocycles. The average molecular weight is 872 g/mol. The number of hydrogen-bond donors (Lipinski definition) is 10. The van der Waals surface area contributed by atoms with Crippen LogP contribution in [0.1, 0.15) is 32.6 Å². The Balaban J connectivity index is 2.13. The Hall–Kier alpha value is -2.79. The lowest BCUT2D eigenvalue weighted by Crippen LogP contribution is -2.67. The fourth-order valence-electron chi connectivity index (χ4n) is 6.74. The number of nitrogens with zero attached hydrogens (tertiary/aromatic N) is 2. The SMILES string of the molecule is C=CCO[C@@H]1C[C@H](CO[C@]2(C(=O)OC)C[C@@H](OP(=O)(OCCC#N)OCCC#N)[C@@H](O[C@H]3O[C@H]([C@@H](O)CO)[C@@H](O)[C@H](O)[C@@H]3O)[C@@H]([C@H](O)CO)O2)[C@@H](O)[C@H](O)[C@H]1NC(C)=O. The molecule has 59 heavy (non-hydrogen) atoms. The third-order valence-electron chi connectivity index (χ3n) is 9.67. The third-order valence-corrected chi connectivity index (χ3v) is 11.2. The number of phosphoric acid groups is 1. The number of esters is 1. The van der Waals surface area contributed by atoms with E-state index in [9.17, 15) is 60.1 Å². The Morgan fingerprint density at radius 2 is 1.56 bits per heavy atom. The van der Waals surface area contributed by atoms with Crippen molar-refractivity contribution in [2.75, 3.05) is 46.8 Å². The third kappa shape index (κ3) is 12.9. The number of carbonyl (C=O) groups is 2. The average Bonchev–Trinajstić information content (AvgIpc) is 3.21. The molecule has 1 aliphatic carbocycles. The van der Waals surface area contributed by atoms with E-state index in [0.717, 1.165) is 7.11 Å². The Morgan fingerprint density at radius 3 is 2.10 bits per heavy atom. The van der Waals surface area contributed by atoms with Gasteiger partial charge in [0.2, 0.25) is 5.91 Å². The monoisotopic (exact) mass is 871 g/mol. The van der Waals surface area contributed by atoms with Gasteiger partial charge >= 0.3 is 13.8 Å². The minimum absolute atomic E-state index is 0.0322. The maximum Gasteiger partial charge on any atom is 0.475 e. The lowest BCUT2D eigenvalue weighted by molar-refractivity contribution is -0.370. The van der Waals surface area contributed by atoms with Crippen molar-refractivity contribution in [3.8, 4) is 12.1 Å². The van der Waals surface area contributed by atoms with Gasteiger partial charge in [0, 0.05) is 19.3 Å². The first-order chi connectivity index (χ1) is 28.0. The standard InChI is InChI=1S/C34H54N3O21P/c1-4-9-51-21-12-18(24(43)25(44)23(21)37-17(2)40)16-52-34(33(48)50-3)13-22(58-59(49,53-10-5-7-35)54-11-6-8-36)31(30(57-34)20(42)15-39)56-32-28(47)26(45)27(46)29(55-32)19(41)14-38/h4,18-32,38-39,41-47H,1,5-6,9-16H2,2-3H3,(H,37,40)/t18-,19+,20-,21-,22-,23+,24-,25-,26+,27+,28+,29-,30-,31-,32-,34-/m1/s1. The van der Waals surface area contributed by atoms with Crippen LogP contribution in [-0.2, 0) is 56.1 Å². The maximum atomic E-state index is 14.1. The predicted molar refractivity (Wildman–Crippen MR) is 190 cm³/mol. The zero-order valence-electron chi connectivity index (χ0n) is 32.3. The van der Waals surface area contributed by atoms with Gasteiger partial charge in [-0.25, -0.2) is 9.36 Å². The van der Waals surface area contributed by atoms with Crippen LogP contribution in [0.2, 0.25) is 0 Å². The van der Waals surface area contributed by atoms with Gasteiger partial charge < -0.3 is 79.7 Å². The molecule has 0 unspecified atom stereocenters. The molecule has 1 amide bonds. The lowest BCUT2D eigenvalue weighted by Gasteiger charge is -2.50. The van der Waals surface area contributed by atoms with Crippen molar-refractivity contribution in [3.05, 3.63) is 12.7 Å². The summed E-state index contributed by atoms with van der Waals surface area (Å²) in [4.78, 5) is 25.7. The highest BCUT2D eigenvalue weighted by Gasteiger charge is 2.60. The van der Waals surface area contributed by atoms with Crippen molar-refractivity contribution >= 4 is 19.7 Å². The first-order valence-corrected chi connectivity index (χ1v) is 19.9. The van der Waals surface area contributed by atoms with Crippen LogP contribution in [0, 0.1) is 28.6 Å². The van der Waals surface area contributed by atoms with E-state index < -0.39 is 156 Å². The van der Waals surface area contributed by atoms with Crippen molar-refractivity contribution in [3.63, 3.8) is 0 Å². The van der Waals surface area contributed by atoms with Crippen LogP contribution in [0.4, 0.5) is 0 Å². The fraction of sp³-hybridized carbons (Fsp3) is 0.824. The van der Waals surface area contributed by atoms with Gasteiger partial charge in [0.1, 0.15) is 61.0 Å². The molecule has 0 aromatic heterocycles. The highest BCUT2D eigenvalue weighted by Crippen LogP contribution is 2.54. The van der Waals surface area contributed by atoms with Gasteiger partial charge in [0.05, 0.1) is 90.0 Å². The van der Waals surface area contributed by atoms with Gasteiger partial charge in [-0.15, -0.1) is 6.58 Å². The van der Waals surface area contributed by atoms with E-state index in [-0.39, 0.29) is 25.9 Å². The molecule has 16 atom stereocenters. The molecule has 0 aromatic carbocycles. The zero-order valence-corrected chi connectivity index (χ0v) is 33.2. The summed E-state index contributed by atoms with van der Waals surface area (Å²) in [6.45, 7) is 0.796. The Kier molecular flexibility index (Phi) is 20.1. The Morgan fingerprint density at radius 1 is 0.949 bits per heavy atom. The molecule has 0 bridgehead atoms. The highest BCUT2D eigenvalue weighted by atomic mass is 31.2. The number of nitrogens with one attached hydrogen (secondary N) is 1. The van der Waals surface area contributed by atoms with Crippen LogP contribution in [0.25, 0.3) is 0 Å². The lowest BCUT2D eigenvalue weighted by atomic mass is 9.79. The second kappa shape index (κ2) is 23.4. The number of nitriles is 2. The Bertz CT molecular complexity index is 1480. The first-order valence-electron chi connectivity index (χ1n) is 18.5. The van der Waals surface area contributed by atoms with Crippen molar-refractivity contribution in [1.82, 2.24) is 5.32 Å². The van der Waals surface area contributed by atoms with Gasteiger partial charge in [-0.3, -0.25) is 18.4 Å². The van der Waals surface area contributed by atoms with Crippen LogP contribution in [-0.4, -0.2) is 196 Å². The van der Waals surface area contributed by atoms with Gasteiger partial charge in [0.25, 0.3) is 5.79 Å². The predicted octanol–water partition coefficient (Wildman–Crippen LogP) is -4.27. The minimum atomic E-state index is -4.96. The van der Waals surface area contributed by atoms with E-state index in [2.05, 4.69) is 11.9 Å². The number of aliphatic hydroxyl groups is 9. The van der Waals surface area contributed by atoms with Gasteiger partial charge in [-0.2, -0.15) is 10.5 Å². The number of carbonyl (C=O) groups excluding carboxylic acids is 2. The Labute approximate surface area is 338 Å². The topological polar surface area (TPSA) is 376 Å². The normalized spacial score (nSPS) is 36.1. The van der Waals surface area contributed by atoms with Crippen LogP contribution in [0.15, 0.2) is 12.7 Å². The van der Waals surface area contributed by atoms with E-state index in [1.807, 2.05) is 0 Å². The molecule has 3 rings (SSSR count). The summed E-state index contributed by atoms with van der Waals surface area (Å²) < 4.78 is 64.8. The van der Waals surface area contributed by atoms with Crippen molar-refractivity contribution in [2.24, 2.45) is 5.92 Å². The van der Waals surface area contributed by atoms with Crippen molar-refractivity contribution in [2.45, 2.75) is 124 Å². The smallest absolute Gasteiger partial charge is 0.465 e. The number of amides is 1. The number of hydrogen-bond acceptors (Lipinski definition) is 23. The summed E-state index contributed by atoms with van der Waals surface area (Å²) in [7, 11) is -4.04. The summed E-state index contributed by atoms with van der Waals surface area (Å²) >= 11 is 0. The van der Waals surface area contributed by atoms with Gasteiger partial charge in [0.15, 0.2) is 6.29 Å². The summed E-state index contributed by atoms with van der Waals surface area (Å²) in [5.74, 6) is -5.72. The quantitative estimate of drug-likeness (QED) is 0.0213.